The molecule has 4 nitrogen and oxygen atoms in total. The first-order chi connectivity index (χ1) is 6.56. The van der Waals surface area contributed by atoms with E-state index in [1.54, 1.807) is 20.8 Å². The number of esters is 2. The molecule has 4 heteroatoms. The van der Waals surface area contributed by atoms with Crippen LogP contribution in [0.1, 0.15) is 20.8 Å². The van der Waals surface area contributed by atoms with E-state index in [1.807, 2.05) is 0 Å². The molecular weight excluding hydrogens is 184 g/mol. The molecule has 78 valence electrons. The molecule has 0 N–H and O–H groups in total. The Morgan fingerprint density at radius 2 is 2.29 bits per heavy atom. The van der Waals surface area contributed by atoms with Crippen LogP contribution in [0.15, 0.2) is 11.6 Å². The van der Waals surface area contributed by atoms with E-state index in [0.717, 1.165) is 0 Å². The average Bonchev–Trinajstić information content (AvgIpc) is 2.01. The molecule has 0 saturated carbocycles. The van der Waals surface area contributed by atoms with E-state index < -0.39 is 18.0 Å². The zero-order chi connectivity index (χ0) is 10.7. The van der Waals surface area contributed by atoms with Crippen molar-refractivity contribution in [2.45, 2.75) is 26.9 Å². The first-order valence-corrected chi connectivity index (χ1v) is 4.61. The van der Waals surface area contributed by atoms with Crippen molar-refractivity contribution in [3.8, 4) is 0 Å². The van der Waals surface area contributed by atoms with Gasteiger partial charge in [0.1, 0.15) is 12.0 Å². The molecule has 0 aliphatic carbocycles. The molecule has 1 rings (SSSR count). The molecule has 0 aromatic heterocycles. The fourth-order valence-electron chi connectivity index (χ4n) is 1.54. The number of hydrogen-bond acceptors (Lipinski definition) is 4. The quantitative estimate of drug-likeness (QED) is 0.622. The van der Waals surface area contributed by atoms with Gasteiger partial charge in [0.25, 0.3) is 0 Å². The summed E-state index contributed by atoms with van der Waals surface area (Å²) in [7, 11) is 0. The van der Waals surface area contributed by atoms with Gasteiger partial charge in [0, 0.05) is 6.08 Å². The van der Waals surface area contributed by atoms with Crippen LogP contribution >= 0.6 is 0 Å². The monoisotopic (exact) mass is 198 g/mol. The Labute approximate surface area is 82.9 Å². The summed E-state index contributed by atoms with van der Waals surface area (Å²) in [5.74, 6) is -1.18. The predicted molar refractivity (Wildman–Crippen MR) is 49.4 cm³/mol. The van der Waals surface area contributed by atoms with E-state index in [2.05, 4.69) is 0 Å². The van der Waals surface area contributed by atoms with Crippen molar-refractivity contribution in [3.05, 3.63) is 11.6 Å². The van der Waals surface area contributed by atoms with Crippen LogP contribution in [0.25, 0.3) is 0 Å². The third kappa shape index (κ3) is 2.13. The van der Waals surface area contributed by atoms with Crippen molar-refractivity contribution in [2.75, 3.05) is 6.61 Å². The highest BCUT2D eigenvalue weighted by atomic mass is 16.6. The van der Waals surface area contributed by atoms with Gasteiger partial charge >= 0.3 is 11.9 Å². The number of hydrogen-bond donors (Lipinski definition) is 0. The van der Waals surface area contributed by atoms with Gasteiger partial charge in [0.05, 0.1) is 6.61 Å². The third-order valence-corrected chi connectivity index (χ3v) is 2.15. The largest absolute Gasteiger partial charge is 0.465 e. The van der Waals surface area contributed by atoms with Gasteiger partial charge in [0.15, 0.2) is 0 Å². The Kier molecular flexibility index (Phi) is 3.28. The second kappa shape index (κ2) is 4.26. The van der Waals surface area contributed by atoms with Crippen molar-refractivity contribution in [1.82, 2.24) is 0 Å². The maximum absolute atomic E-state index is 11.5. The predicted octanol–water partition coefficient (Wildman–Crippen LogP) is 1.06. The van der Waals surface area contributed by atoms with Crippen LogP contribution in [0.3, 0.4) is 0 Å². The van der Waals surface area contributed by atoms with Crippen LogP contribution in [-0.2, 0) is 19.1 Å². The standard InChI is InChI=1S/C10H14O4/c1-4-13-10(12)9-6(2)5-8(11)14-7(9)3/h5,7,9H,4H2,1-3H3/t7-,9+/m1/s1. The Bertz CT molecular complexity index is 280. The Balaban J connectivity index is 2.81. The maximum atomic E-state index is 11.5. The van der Waals surface area contributed by atoms with E-state index in [9.17, 15) is 9.59 Å². The Morgan fingerprint density at radius 1 is 1.64 bits per heavy atom. The summed E-state index contributed by atoms with van der Waals surface area (Å²) in [6.45, 7) is 5.51. The van der Waals surface area contributed by atoms with E-state index in [-0.39, 0.29) is 5.97 Å². The Hall–Kier alpha value is -1.32. The summed E-state index contributed by atoms with van der Waals surface area (Å²) in [6.07, 6.45) is 0.897. The van der Waals surface area contributed by atoms with E-state index in [0.29, 0.717) is 12.2 Å². The minimum absolute atomic E-state index is 0.332. The molecule has 0 saturated heterocycles. The zero-order valence-electron chi connectivity index (χ0n) is 8.57. The Morgan fingerprint density at radius 3 is 2.79 bits per heavy atom. The van der Waals surface area contributed by atoms with Crippen molar-refractivity contribution < 1.29 is 19.1 Å². The van der Waals surface area contributed by atoms with Crippen molar-refractivity contribution in [2.24, 2.45) is 5.92 Å². The number of cyclic esters (lactones) is 1. The molecule has 0 amide bonds. The van der Waals surface area contributed by atoms with Gasteiger partial charge < -0.3 is 9.47 Å². The number of carbonyl (C=O) groups is 2. The summed E-state index contributed by atoms with van der Waals surface area (Å²) in [4.78, 5) is 22.4. The summed E-state index contributed by atoms with van der Waals surface area (Å²) < 4.78 is 9.81. The molecular formula is C10H14O4. The van der Waals surface area contributed by atoms with Crippen LogP contribution < -0.4 is 0 Å². The molecule has 1 aliphatic heterocycles. The highest BCUT2D eigenvalue weighted by Crippen LogP contribution is 2.23. The lowest BCUT2D eigenvalue weighted by molar-refractivity contribution is -0.157. The molecule has 0 aromatic carbocycles. The lowest BCUT2D eigenvalue weighted by atomic mass is 9.93. The lowest BCUT2D eigenvalue weighted by Crippen LogP contribution is -2.35. The van der Waals surface area contributed by atoms with Crippen LogP contribution in [0.4, 0.5) is 0 Å². The number of ether oxygens (including phenoxy) is 2. The maximum Gasteiger partial charge on any atom is 0.331 e. The first-order valence-electron chi connectivity index (χ1n) is 4.61. The molecule has 14 heavy (non-hydrogen) atoms. The average molecular weight is 198 g/mol. The van der Waals surface area contributed by atoms with Crippen LogP contribution in [-0.4, -0.2) is 24.6 Å². The number of carbonyl (C=O) groups excluding carboxylic acids is 2. The summed E-state index contributed by atoms with van der Waals surface area (Å²) in [6, 6.07) is 0. The lowest BCUT2D eigenvalue weighted by Gasteiger charge is -2.26. The van der Waals surface area contributed by atoms with E-state index in [1.165, 1.54) is 6.08 Å². The topological polar surface area (TPSA) is 52.6 Å². The second-order valence-corrected chi connectivity index (χ2v) is 3.26. The van der Waals surface area contributed by atoms with Gasteiger partial charge in [-0.1, -0.05) is 0 Å². The second-order valence-electron chi connectivity index (χ2n) is 3.26. The SMILES string of the molecule is CCOC(=O)[C@H]1C(C)=CC(=O)O[C@@H]1C. The summed E-state index contributed by atoms with van der Waals surface area (Å²) >= 11 is 0. The third-order valence-electron chi connectivity index (χ3n) is 2.15. The van der Waals surface area contributed by atoms with Gasteiger partial charge in [-0.25, -0.2) is 4.79 Å². The summed E-state index contributed by atoms with van der Waals surface area (Å²) in [5.41, 5.74) is 0.701. The van der Waals surface area contributed by atoms with E-state index in [4.69, 9.17) is 9.47 Å². The van der Waals surface area contributed by atoms with Crippen molar-refractivity contribution in [1.29, 1.82) is 0 Å². The van der Waals surface area contributed by atoms with Crippen LogP contribution in [0.5, 0.6) is 0 Å². The molecule has 0 spiro atoms. The minimum Gasteiger partial charge on any atom is -0.465 e. The van der Waals surface area contributed by atoms with Crippen LogP contribution in [0, 0.1) is 5.92 Å². The summed E-state index contributed by atoms with van der Waals surface area (Å²) in [5, 5.41) is 0. The molecule has 0 bridgehead atoms. The molecule has 0 aromatic rings. The molecule has 0 radical (unpaired) electrons. The molecule has 1 heterocycles. The fraction of sp³-hybridized carbons (Fsp3) is 0.600. The van der Waals surface area contributed by atoms with Gasteiger partial charge in [-0.3, -0.25) is 4.79 Å². The number of rotatable bonds is 2. The van der Waals surface area contributed by atoms with Gasteiger partial charge in [0.2, 0.25) is 0 Å². The van der Waals surface area contributed by atoms with Gasteiger partial charge in [-0.15, -0.1) is 0 Å². The van der Waals surface area contributed by atoms with Gasteiger partial charge in [-0.05, 0) is 26.3 Å². The molecule has 0 fully saturated rings. The first kappa shape index (κ1) is 10.8. The van der Waals surface area contributed by atoms with E-state index >= 15 is 0 Å². The van der Waals surface area contributed by atoms with Crippen LogP contribution in [0.2, 0.25) is 0 Å². The molecule has 0 unspecified atom stereocenters. The van der Waals surface area contributed by atoms with Gasteiger partial charge in [-0.2, -0.15) is 0 Å². The fourth-order valence-corrected chi connectivity index (χ4v) is 1.54. The normalized spacial score (nSPS) is 26.5. The van der Waals surface area contributed by atoms with Crippen molar-refractivity contribution >= 4 is 11.9 Å². The smallest absolute Gasteiger partial charge is 0.331 e. The minimum atomic E-state index is -0.451. The highest BCUT2D eigenvalue weighted by molar-refractivity contribution is 5.88. The zero-order valence-corrected chi connectivity index (χ0v) is 8.57. The highest BCUT2D eigenvalue weighted by Gasteiger charge is 2.34. The molecule has 1 aliphatic rings. The van der Waals surface area contributed by atoms with Crippen molar-refractivity contribution in [3.63, 3.8) is 0 Å². The molecule has 2 atom stereocenters.